The number of aromatic nitrogens is 1. The van der Waals surface area contributed by atoms with Gasteiger partial charge in [0.25, 0.3) is 0 Å². The average Bonchev–Trinajstić information content (AvgIpc) is 2.14. The Kier molecular flexibility index (Phi) is 1.26. The summed E-state index contributed by atoms with van der Waals surface area (Å²) in [7, 11) is 0. The van der Waals surface area contributed by atoms with E-state index in [9.17, 15) is 0 Å². The molecule has 0 saturated heterocycles. The second-order valence-electron chi connectivity index (χ2n) is 1.13. The molecule has 3 heteroatoms. The molecule has 0 spiro atoms. The molecule has 1 aromatic heterocycles. The van der Waals surface area contributed by atoms with Crippen molar-refractivity contribution in [2.75, 3.05) is 0 Å². The quantitative estimate of drug-likeness (QED) is 0.417. The maximum atomic E-state index is 4.49. The lowest BCUT2D eigenvalue weighted by molar-refractivity contribution is 0.633. The molecule has 0 fully saturated rings. The number of hydrogen-bond donors (Lipinski definition) is 2. The Bertz CT molecular complexity index is 126. The van der Waals surface area contributed by atoms with E-state index < -0.39 is 0 Å². The van der Waals surface area contributed by atoms with Crippen molar-refractivity contribution < 1.29 is 4.18 Å². The van der Waals surface area contributed by atoms with E-state index in [1.54, 1.807) is 12.3 Å². The van der Waals surface area contributed by atoms with Crippen molar-refractivity contribution in [1.29, 1.82) is 0 Å². The lowest BCUT2D eigenvalue weighted by Crippen LogP contribution is -1.68. The van der Waals surface area contributed by atoms with Crippen molar-refractivity contribution in [2.45, 2.75) is 0 Å². The van der Waals surface area contributed by atoms with E-state index in [0.717, 1.165) is 0 Å². The van der Waals surface area contributed by atoms with Crippen LogP contribution in [0.2, 0.25) is 0 Å². The molecule has 0 amide bonds. The molecule has 38 valence electrons. The first-order chi connectivity index (χ1) is 3.43. The molecule has 1 aromatic rings. The van der Waals surface area contributed by atoms with Gasteiger partial charge >= 0.3 is 0 Å². The monoisotopic (exact) mass is 115 g/mol. The van der Waals surface area contributed by atoms with Gasteiger partial charge in [0.1, 0.15) is 0 Å². The van der Waals surface area contributed by atoms with Crippen LogP contribution in [0.5, 0.6) is 5.88 Å². The highest BCUT2D eigenvalue weighted by molar-refractivity contribution is 7.75. The molecule has 0 atom stereocenters. The van der Waals surface area contributed by atoms with Crippen LogP contribution in [-0.2, 0) is 0 Å². The molecule has 2 nitrogen and oxygen atoms in total. The lowest BCUT2D eigenvalue weighted by Gasteiger charge is -1.85. The molecule has 0 aliphatic rings. The minimum atomic E-state index is 0.670. The highest BCUT2D eigenvalue weighted by Gasteiger charge is 1.82. The highest BCUT2D eigenvalue weighted by atomic mass is 32.1. The number of hydrogen-bond acceptors (Lipinski definition) is 2. The van der Waals surface area contributed by atoms with E-state index in [-0.39, 0.29) is 0 Å². The summed E-state index contributed by atoms with van der Waals surface area (Å²) in [6.07, 6.45) is 1.77. The zero-order chi connectivity index (χ0) is 5.11. The Balaban J connectivity index is 2.76. The van der Waals surface area contributed by atoms with Crippen LogP contribution in [0, 0.1) is 0 Å². The Morgan fingerprint density at radius 1 is 1.71 bits per heavy atom. The fourth-order valence-electron chi connectivity index (χ4n) is 0.371. The fourth-order valence-corrected chi connectivity index (χ4v) is 0.484. The number of rotatable bonds is 1. The van der Waals surface area contributed by atoms with Crippen molar-refractivity contribution in [3.05, 3.63) is 18.3 Å². The van der Waals surface area contributed by atoms with Crippen molar-refractivity contribution in [3.63, 3.8) is 0 Å². The zero-order valence-electron chi connectivity index (χ0n) is 3.59. The van der Waals surface area contributed by atoms with Crippen molar-refractivity contribution in [2.24, 2.45) is 0 Å². The van der Waals surface area contributed by atoms with Gasteiger partial charge < -0.3 is 9.17 Å². The average molecular weight is 115 g/mol. The molecule has 1 rings (SSSR count). The zero-order valence-corrected chi connectivity index (χ0v) is 4.48. The maximum Gasteiger partial charge on any atom is 0.205 e. The van der Waals surface area contributed by atoms with Crippen LogP contribution in [-0.4, -0.2) is 4.98 Å². The van der Waals surface area contributed by atoms with Crippen LogP contribution in [0.15, 0.2) is 18.3 Å². The largest absolute Gasteiger partial charge is 0.411 e. The van der Waals surface area contributed by atoms with Gasteiger partial charge in [-0.15, -0.1) is 0 Å². The van der Waals surface area contributed by atoms with Gasteiger partial charge in [-0.1, -0.05) is 0 Å². The van der Waals surface area contributed by atoms with Crippen molar-refractivity contribution >= 4 is 12.9 Å². The number of aromatic amines is 1. The Labute approximate surface area is 47.1 Å². The van der Waals surface area contributed by atoms with Gasteiger partial charge in [-0.3, -0.25) is 0 Å². The van der Waals surface area contributed by atoms with Gasteiger partial charge in [0.05, 0.1) is 0 Å². The van der Waals surface area contributed by atoms with Crippen LogP contribution in [0.3, 0.4) is 0 Å². The van der Waals surface area contributed by atoms with Crippen LogP contribution < -0.4 is 4.18 Å². The van der Waals surface area contributed by atoms with E-state index >= 15 is 0 Å². The summed E-state index contributed by atoms with van der Waals surface area (Å²) in [5, 5.41) is 0. The van der Waals surface area contributed by atoms with Crippen LogP contribution in [0.4, 0.5) is 0 Å². The molecule has 0 unspecified atom stereocenters. The van der Waals surface area contributed by atoms with Gasteiger partial charge in [0, 0.05) is 25.2 Å². The third kappa shape index (κ3) is 0.899. The van der Waals surface area contributed by atoms with Gasteiger partial charge in [0.15, 0.2) is 0 Å². The van der Waals surface area contributed by atoms with E-state index in [1.165, 1.54) is 0 Å². The van der Waals surface area contributed by atoms with Crippen molar-refractivity contribution in [1.82, 2.24) is 4.98 Å². The minimum absolute atomic E-state index is 0.670. The third-order valence-corrected chi connectivity index (χ3v) is 0.864. The predicted molar refractivity (Wildman–Crippen MR) is 30.4 cm³/mol. The number of thiol groups is 1. The number of nitrogens with one attached hydrogen (secondary N) is 1. The third-order valence-electron chi connectivity index (χ3n) is 0.668. The maximum absolute atomic E-state index is 4.49. The molecule has 0 radical (unpaired) electrons. The smallest absolute Gasteiger partial charge is 0.205 e. The normalized spacial score (nSPS) is 8.71. The second kappa shape index (κ2) is 1.93. The highest BCUT2D eigenvalue weighted by Crippen LogP contribution is 2.04. The van der Waals surface area contributed by atoms with E-state index in [2.05, 4.69) is 22.1 Å². The molecule has 0 aliphatic carbocycles. The molecule has 1 N–H and O–H groups in total. The summed E-state index contributed by atoms with van der Waals surface area (Å²) >= 11 is 3.54. The molecule has 1 heterocycles. The van der Waals surface area contributed by atoms with Crippen molar-refractivity contribution in [3.8, 4) is 5.88 Å². The molecular formula is C4H5NOS. The van der Waals surface area contributed by atoms with E-state index in [0.29, 0.717) is 5.88 Å². The molecule has 0 aromatic carbocycles. The topological polar surface area (TPSA) is 25.0 Å². The van der Waals surface area contributed by atoms with Crippen LogP contribution in [0.25, 0.3) is 0 Å². The van der Waals surface area contributed by atoms with Gasteiger partial charge in [-0.2, -0.15) is 0 Å². The Morgan fingerprint density at radius 3 is 2.86 bits per heavy atom. The van der Waals surface area contributed by atoms with Gasteiger partial charge in [-0.25, -0.2) is 0 Å². The summed E-state index contributed by atoms with van der Waals surface area (Å²) in [6, 6.07) is 3.62. The molecule has 7 heavy (non-hydrogen) atoms. The predicted octanol–water partition coefficient (Wildman–Crippen LogP) is 1.24. The molecule has 0 saturated carbocycles. The van der Waals surface area contributed by atoms with E-state index in [4.69, 9.17) is 0 Å². The van der Waals surface area contributed by atoms with Crippen LogP contribution >= 0.6 is 12.9 Å². The lowest BCUT2D eigenvalue weighted by atomic mass is 10.7. The number of H-pyrrole nitrogens is 1. The standard InChI is InChI=1S/C4H5NOS/c7-6-4-2-1-3-5-4/h1-3,5,7H. The Morgan fingerprint density at radius 2 is 2.57 bits per heavy atom. The summed E-state index contributed by atoms with van der Waals surface area (Å²) in [6.45, 7) is 0. The molecule has 0 aliphatic heterocycles. The fraction of sp³-hybridized carbons (Fsp3) is 0. The first-order valence-electron chi connectivity index (χ1n) is 1.88. The van der Waals surface area contributed by atoms with Gasteiger partial charge in [0.2, 0.25) is 5.88 Å². The summed E-state index contributed by atoms with van der Waals surface area (Å²) in [4.78, 5) is 2.79. The summed E-state index contributed by atoms with van der Waals surface area (Å²) in [5.41, 5.74) is 0. The SMILES string of the molecule is SOc1ccc[nH]1. The first-order valence-corrected chi connectivity index (χ1v) is 2.25. The summed E-state index contributed by atoms with van der Waals surface area (Å²) < 4.78 is 4.49. The van der Waals surface area contributed by atoms with E-state index in [1.807, 2.05) is 6.07 Å². The Hall–Kier alpha value is -0.570. The molecular weight excluding hydrogens is 110 g/mol. The van der Waals surface area contributed by atoms with Crippen LogP contribution in [0.1, 0.15) is 0 Å². The molecule has 0 bridgehead atoms. The summed E-state index contributed by atoms with van der Waals surface area (Å²) in [5.74, 6) is 0.670. The second-order valence-corrected chi connectivity index (χ2v) is 1.31. The minimum Gasteiger partial charge on any atom is -0.411 e. The van der Waals surface area contributed by atoms with Gasteiger partial charge in [-0.05, 0) is 6.07 Å². The first kappa shape index (κ1) is 4.59.